The molecular formula is C19H18N2O3. The van der Waals surface area contributed by atoms with Gasteiger partial charge in [0.1, 0.15) is 11.6 Å². The van der Waals surface area contributed by atoms with E-state index < -0.39 is 0 Å². The molecule has 5 nitrogen and oxygen atoms in total. The highest BCUT2D eigenvalue weighted by Crippen LogP contribution is 2.25. The highest BCUT2D eigenvalue weighted by Gasteiger charge is 2.27. The predicted octanol–water partition coefficient (Wildman–Crippen LogP) is 1.68. The van der Waals surface area contributed by atoms with Gasteiger partial charge in [0.25, 0.3) is 5.65 Å². The molecule has 3 aromatic rings. The summed E-state index contributed by atoms with van der Waals surface area (Å²) in [5, 5.41) is 13.2. The highest BCUT2D eigenvalue weighted by molar-refractivity contribution is 5.66. The third-order valence-corrected chi connectivity index (χ3v) is 4.57. The lowest BCUT2D eigenvalue weighted by atomic mass is 10.1. The molecule has 0 unspecified atom stereocenters. The quantitative estimate of drug-likeness (QED) is 0.675. The number of fused-ring (bicyclic) bond motifs is 1. The van der Waals surface area contributed by atoms with Crippen molar-refractivity contribution in [2.75, 3.05) is 13.2 Å². The van der Waals surface area contributed by atoms with Crippen LogP contribution in [0.3, 0.4) is 0 Å². The summed E-state index contributed by atoms with van der Waals surface area (Å²) in [5.74, 6) is -0.218. The van der Waals surface area contributed by atoms with Crippen LogP contribution in [-0.4, -0.2) is 17.6 Å². The molecule has 5 heteroatoms. The summed E-state index contributed by atoms with van der Waals surface area (Å²) in [6.07, 6.45) is 3.27. The van der Waals surface area contributed by atoms with Crippen molar-refractivity contribution < 1.29 is 14.4 Å². The van der Waals surface area contributed by atoms with Crippen LogP contribution < -0.4 is 15.2 Å². The maximum absolute atomic E-state index is 13.2. The zero-order chi connectivity index (χ0) is 16.5. The minimum absolute atomic E-state index is 0.0479. The third-order valence-electron chi connectivity index (χ3n) is 4.57. The summed E-state index contributed by atoms with van der Waals surface area (Å²) in [4.78, 5) is 12.9. The molecule has 1 aromatic carbocycles. The molecule has 122 valence electrons. The summed E-state index contributed by atoms with van der Waals surface area (Å²) in [6, 6.07) is 14.7. The average molecular weight is 322 g/mol. The standard InChI is InChI=1S/C19H18N2O3/c22-18-17(14-6-2-1-3-7-14)19(23)21(15-9-12-24-13-10-15)16-8-4-5-11-20(16)18/h1-8,11,15H,9-10,12-13H2. The van der Waals surface area contributed by atoms with Crippen molar-refractivity contribution in [1.82, 2.24) is 4.40 Å². The van der Waals surface area contributed by atoms with Crippen molar-refractivity contribution in [2.24, 2.45) is 0 Å². The van der Waals surface area contributed by atoms with Crippen LogP contribution in [0, 0.1) is 0 Å². The number of nitrogens with zero attached hydrogens (tertiary/aromatic N) is 2. The Hall–Kier alpha value is -2.66. The molecule has 1 fully saturated rings. The van der Waals surface area contributed by atoms with Crippen LogP contribution in [-0.2, 0) is 4.74 Å². The molecule has 0 aliphatic carbocycles. The first-order valence-electron chi connectivity index (χ1n) is 8.16. The van der Waals surface area contributed by atoms with Crippen LogP contribution in [0.15, 0.2) is 59.5 Å². The van der Waals surface area contributed by atoms with E-state index in [0.29, 0.717) is 24.4 Å². The minimum atomic E-state index is -0.273. The molecule has 24 heavy (non-hydrogen) atoms. The van der Waals surface area contributed by atoms with Gasteiger partial charge in [0.15, 0.2) is 0 Å². The fraction of sp³-hybridized carbons (Fsp3) is 0.263. The molecule has 0 amide bonds. The van der Waals surface area contributed by atoms with Gasteiger partial charge in [-0.25, -0.2) is 9.36 Å². The molecule has 0 saturated carbocycles. The van der Waals surface area contributed by atoms with Gasteiger partial charge in [0.05, 0.1) is 25.3 Å². The third kappa shape index (κ3) is 2.37. The van der Waals surface area contributed by atoms with E-state index in [1.54, 1.807) is 15.2 Å². The highest BCUT2D eigenvalue weighted by atomic mass is 16.5. The Morgan fingerprint density at radius 2 is 1.75 bits per heavy atom. The number of rotatable bonds is 2. The first kappa shape index (κ1) is 14.9. The van der Waals surface area contributed by atoms with Gasteiger partial charge in [0.2, 0.25) is 0 Å². The maximum Gasteiger partial charge on any atom is 0.349 e. The molecular weight excluding hydrogens is 304 g/mol. The summed E-state index contributed by atoms with van der Waals surface area (Å²) >= 11 is 0. The number of ether oxygens (including phenoxy) is 1. The molecule has 1 aliphatic rings. The number of pyridine rings is 1. The average Bonchev–Trinajstić information content (AvgIpc) is 2.64. The van der Waals surface area contributed by atoms with Crippen LogP contribution in [0.5, 0.6) is 5.88 Å². The Kier molecular flexibility index (Phi) is 3.78. The van der Waals surface area contributed by atoms with Crippen molar-refractivity contribution in [1.29, 1.82) is 0 Å². The normalized spacial score (nSPS) is 15.7. The van der Waals surface area contributed by atoms with Crippen molar-refractivity contribution in [3.63, 3.8) is 0 Å². The number of hydrogen-bond donors (Lipinski definition) is 0. The van der Waals surface area contributed by atoms with Gasteiger partial charge in [-0.15, -0.1) is 0 Å². The SMILES string of the molecule is O=c1c(-c2ccccc2)c([O-])[n+](C2CCOCC2)c2ccccn12. The van der Waals surface area contributed by atoms with Gasteiger partial charge in [-0.1, -0.05) is 36.4 Å². The Morgan fingerprint density at radius 3 is 2.50 bits per heavy atom. The molecule has 4 rings (SSSR count). The van der Waals surface area contributed by atoms with Crippen molar-refractivity contribution in [2.45, 2.75) is 18.9 Å². The molecule has 1 saturated heterocycles. The first-order chi connectivity index (χ1) is 11.8. The van der Waals surface area contributed by atoms with Crippen LogP contribution in [0.4, 0.5) is 0 Å². The Labute approximate surface area is 139 Å². The molecule has 1 aliphatic heterocycles. The van der Waals surface area contributed by atoms with E-state index in [4.69, 9.17) is 4.74 Å². The second-order valence-corrected chi connectivity index (χ2v) is 5.99. The summed E-state index contributed by atoms with van der Waals surface area (Å²) < 4.78 is 8.77. The maximum atomic E-state index is 13.2. The van der Waals surface area contributed by atoms with Gasteiger partial charge < -0.3 is 9.84 Å². The fourth-order valence-corrected chi connectivity index (χ4v) is 3.39. The molecule has 0 atom stereocenters. The molecule has 2 aromatic heterocycles. The van der Waals surface area contributed by atoms with E-state index in [9.17, 15) is 9.90 Å². The number of hydrogen-bond acceptors (Lipinski definition) is 3. The lowest BCUT2D eigenvalue weighted by molar-refractivity contribution is -0.741. The summed E-state index contributed by atoms with van der Waals surface area (Å²) in [7, 11) is 0. The molecule has 0 radical (unpaired) electrons. The Bertz CT molecular complexity index is 928. The van der Waals surface area contributed by atoms with E-state index in [2.05, 4.69) is 0 Å². The fourth-order valence-electron chi connectivity index (χ4n) is 3.39. The lowest BCUT2D eigenvalue weighted by Gasteiger charge is -2.26. The Balaban J connectivity index is 2.05. The molecule has 3 heterocycles. The van der Waals surface area contributed by atoms with E-state index in [1.807, 2.05) is 48.5 Å². The zero-order valence-corrected chi connectivity index (χ0v) is 13.2. The van der Waals surface area contributed by atoms with E-state index in [1.165, 1.54) is 0 Å². The van der Waals surface area contributed by atoms with Crippen LogP contribution in [0.2, 0.25) is 0 Å². The van der Waals surface area contributed by atoms with Gasteiger partial charge in [-0.3, -0.25) is 0 Å². The van der Waals surface area contributed by atoms with Crippen LogP contribution in [0.25, 0.3) is 16.8 Å². The van der Waals surface area contributed by atoms with Gasteiger partial charge in [-0.05, 0) is 11.6 Å². The topological polar surface area (TPSA) is 57.6 Å². The van der Waals surface area contributed by atoms with Crippen molar-refractivity contribution >= 4 is 5.65 Å². The van der Waals surface area contributed by atoms with E-state index in [0.717, 1.165) is 12.8 Å². The second kappa shape index (κ2) is 6.09. The number of aromatic nitrogens is 2. The van der Waals surface area contributed by atoms with Crippen LogP contribution in [0.1, 0.15) is 18.9 Å². The minimum Gasteiger partial charge on any atom is -0.842 e. The lowest BCUT2D eigenvalue weighted by Crippen LogP contribution is -2.49. The van der Waals surface area contributed by atoms with Gasteiger partial charge in [0, 0.05) is 18.9 Å². The van der Waals surface area contributed by atoms with E-state index >= 15 is 0 Å². The first-order valence-corrected chi connectivity index (χ1v) is 8.16. The van der Waals surface area contributed by atoms with Gasteiger partial charge >= 0.3 is 5.56 Å². The second-order valence-electron chi connectivity index (χ2n) is 5.99. The van der Waals surface area contributed by atoms with Crippen molar-refractivity contribution in [3.8, 4) is 17.0 Å². The molecule has 0 spiro atoms. The molecule has 0 bridgehead atoms. The summed E-state index contributed by atoms with van der Waals surface area (Å²) in [5.41, 5.74) is 1.25. The van der Waals surface area contributed by atoms with E-state index in [-0.39, 0.29) is 23.0 Å². The predicted molar refractivity (Wildman–Crippen MR) is 87.8 cm³/mol. The Morgan fingerprint density at radius 1 is 1.04 bits per heavy atom. The van der Waals surface area contributed by atoms with Crippen molar-refractivity contribution in [3.05, 3.63) is 65.1 Å². The smallest absolute Gasteiger partial charge is 0.349 e. The zero-order valence-electron chi connectivity index (χ0n) is 13.2. The largest absolute Gasteiger partial charge is 0.842 e. The molecule has 0 N–H and O–H groups in total. The summed E-state index contributed by atoms with van der Waals surface area (Å²) in [6.45, 7) is 1.27. The van der Waals surface area contributed by atoms with Crippen LogP contribution >= 0.6 is 0 Å². The monoisotopic (exact) mass is 322 g/mol. The number of benzene rings is 1. The van der Waals surface area contributed by atoms with Gasteiger partial charge in [-0.2, -0.15) is 4.40 Å².